The molecule has 5 fully saturated rings. The van der Waals surface area contributed by atoms with Gasteiger partial charge in [0.1, 0.15) is 11.9 Å². The Hall–Kier alpha value is -6.02. The molecule has 3 aromatic rings. The van der Waals surface area contributed by atoms with E-state index < -0.39 is 47.0 Å². The maximum atomic E-state index is 13.5. The lowest BCUT2D eigenvalue weighted by Crippen LogP contribution is -2.60. The second-order valence-electron chi connectivity index (χ2n) is 18.1. The molecule has 0 bridgehead atoms. The number of nitriles is 1. The number of hydrogen-bond donors (Lipinski definition) is 2. The highest BCUT2D eigenvalue weighted by Gasteiger charge is 2.47. The van der Waals surface area contributed by atoms with Crippen LogP contribution in [0.4, 0.5) is 36.1 Å². The summed E-state index contributed by atoms with van der Waals surface area (Å²) in [6.07, 6.45) is 3.86. The van der Waals surface area contributed by atoms with Gasteiger partial charge >= 0.3 is 6.18 Å². The fraction of sp³-hybridized carbons (Fsp3) is 0.500. The van der Waals surface area contributed by atoms with Gasteiger partial charge in [-0.25, -0.2) is 4.98 Å². The molecular weight excluding hydrogens is 816 g/mol. The van der Waals surface area contributed by atoms with Gasteiger partial charge in [-0.05, 0) is 118 Å². The lowest BCUT2D eigenvalue weighted by molar-refractivity contribution is -0.138. The van der Waals surface area contributed by atoms with Crippen LogP contribution in [0.3, 0.4) is 0 Å². The monoisotopic (exact) mass is 865 g/mol. The summed E-state index contributed by atoms with van der Waals surface area (Å²) in [5.74, 6) is -1.29. The number of alkyl halides is 3. The van der Waals surface area contributed by atoms with Crippen molar-refractivity contribution in [3.63, 3.8) is 0 Å². The lowest BCUT2D eigenvalue weighted by atomic mass is 9.71. The van der Waals surface area contributed by atoms with Crippen molar-refractivity contribution in [2.24, 2.45) is 17.3 Å². The van der Waals surface area contributed by atoms with Gasteiger partial charge in [0, 0.05) is 76.1 Å². The Kier molecular flexibility index (Phi) is 11.4. The number of fused-ring (bicyclic) bond motifs is 1. The van der Waals surface area contributed by atoms with E-state index in [0.717, 1.165) is 100 Å². The van der Waals surface area contributed by atoms with E-state index in [4.69, 9.17) is 5.26 Å². The molecule has 17 heteroatoms. The highest BCUT2D eigenvalue weighted by molar-refractivity contribution is 6.23. The molecule has 1 spiro atoms. The van der Waals surface area contributed by atoms with Gasteiger partial charge in [-0.15, -0.1) is 0 Å². The van der Waals surface area contributed by atoms with Crippen molar-refractivity contribution in [1.82, 2.24) is 20.1 Å². The molecular formula is C46H50F3N9O5. The molecule has 0 saturated carbocycles. The predicted molar refractivity (Wildman–Crippen MR) is 227 cm³/mol. The third-order valence-electron chi connectivity index (χ3n) is 14.2. The van der Waals surface area contributed by atoms with E-state index in [2.05, 4.69) is 30.3 Å². The maximum absolute atomic E-state index is 13.5. The van der Waals surface area contributed by atoms with Crippen LogP contribution >= 0.6 is 0 Å². The number of piperidine rings is 4. The Morgan fingerprint density at radius 3 is 2.11 bits per heavy atom. The minimum absolute atomic E-state index is 0.0882. The zero-order valence-electron chi connectivity index (χ0n) is 35.0. The summed E-state index contributed by atoms with van der Waals surface area (Å²) in [5.41, 5.74) is 1.87. The molecule has 330 valence electrons. The summed E-state index contributed by atoms with van der Waals surface area (Å²) >= 11 is 0. The number of rotatable bonds is 9. The van der Waals surface area contributed by atoms with Crippen LogP contribution in [0, 0.1) is 28.6 Å². The molecule has 1 atom stereocenters. The fourth-order valence-corrected chi connectivity index (χ4v) is 10.5. The first-order valence-corrected chi connectivity index (χ1v) is 22.0. The average molecular weight is 866 g/mol. The van der Waals surface area contributed by atoms with Crippen LogP contribution in [-0.2, 0) is 20.6 Å². The number of carbonyl (C=O) groups is 5. The van der Waals surface area contributed by atoms with Crippen molar-refractivity contribution < 1.29 is 37.1 Å². The molecule has 6 aliphatic rings. The number of imide groups is 2. The number of nitrogens with zero attached hydrogens (tertiary/aromatic N) is 7. The second-order valence-corrected chi connectivity index (χ2v) is 18.1. The normalized spacial score (nSPS) is 22.2. The van der Waals surface area contributed by atoms with Crippen molar-refractivity contribution in [3.05, 3.63) is 77.0 Å². The van der Waals surface area contributed by atoms with E-state index in [1.807, 2.05) is 23.1 Å². The SMILES string of the molecule is N#Cc1ccc(N2CCC(C(=O)Nc3ccc(N4CCC(CCN5CC6(CCN(c7ccc8c(c7)C(=O)N(C7CCC(=O)NC7=O)C8=O)CC6)C5)CC4)cn3)CC2)cc1C(F)(F)F. The molecule has 2 aromatic carbocycles. The molecule has 1 aromatic heterocycles. The second kappa shape index (κ2) is 16.9. The van der Waals surface area contributed by atoms with Gasteiger partial charge in [0.05, 0.1) is 40.2 Å². The molecule has 2 N–H and O–H groups in total. The van der Waals surface area contributed by atoms with E-state index in [1.165, 1.54) is 12.1 Å². The lowest BCUT2D eigenvalue weighted by Gasteiger charge is -2.54. The van der Waals surface area contributed by atoms with E-state index in [9.17, 15) is 37.1 Å². The summed E-state index contributed by atoms with van der Waals surface area (Å²) < 4.78 is 40.4. The summed E-state index contributed by atoms with van der Waals surface area (Å²) in [5, 5.41) is 14.3. The number of nitrogens with one attached hydrogen (secondary N) is 2. The smallest absolute Gasteiger partial charge is 0.371 e. The highest BCUT2D eigenvalue weighted by atomic mass is 19.4. The number of carbonyl (C=O) groups excluding carboxylic acids is 5. The Labute approximate surface area is 363 Å². The third-order valence-corrected chi connectivity index (χ3v) is 14.2. The first kappa shape index (κ1) is 42.3. The first-order valence-electron chi connectivity index (χ1n) is 22.0. The molecule has 7 heterocycles. The van der Waals surface area contributed by atoms with Crippen LogP contribution in [0.25, 0.3) is 0 Å². The molecule has 14 nitrogen and oxygen atoms in total. The van der Waals surface area contributed by atoms with Gasteiger partial charge in [-0.3, -0.25) is 34.2 Å². The summed E-state index contributed by atoms with van der Waals surface area (Å²) in [6, 6.07) is 13.5. The number of aromatic nitrogens is 1. The minimum Gasteiger partial charge on any atom is -0.371 e. The van der Waals surface area contributed by atoms with E-state index >= 15 is 0 Å². The molecule has 5 amide bonds. The van der Waals surface area contributed by atoms with Crippen LogP contribution in [-0.4, -0.2) is 109 Å². The molecule has 0 aliphatic carbocycles. The number of anilines is 4. The van der Waals surface area contributed by atoms with Crippen molar-refractivity contribution in [2.45, 2.75) is 70.0 Å². The number of pyridine rings is 1. The summed E-state index contributed by atoms with van der Waals surface area (Å²) in [6.45, 7) is 7.75. The Balaban J connectivity index is 0.675. The number of amides is 5. The van der Waals surface area contributed by atoms with Gasteiger partial charge in [-0.1, -0.05) is 0 Å². The predicted octanol–water partition coefficient (Wildman–Crippen LogP) is 5.44. The van der Waals surface area contributed by atoms with Crippen molar-refractivity contribution in [1.29, 1.82) is 5.26 Å². The number of benzene rings is 2. The van der Waals surface area contributed by atoms with Gasteiger partial charge in [0.2, 0.25) is 17.7 Å². The Morgan fingerprint density at radius 1 is 0.810 bits per heavy atom. The quantitative estimate of drug-likeness (QED) is 0.264. The van der Waals surface area contributed by atoms with E-state index in [0.29, 0.717) is 59.9 Å². The van der Waals surface area contributed by atoms with Crippen LogP contribution < -0.4 is 25.3 Å². The van der Waals surface area contributed by atoms with E-state index in [-0.39, 0.29) is 24.7 Å². The van der Waals surface area contributed by atoms with Crippen molar-refractivity contribution in [3.8, 4) is 6.07 Å². The van der Waals surface area contributed by atoms with Crippen LogP contribution in [0.2, 0.25) is 0 Å². The zero-order chi connectivity index (χ0) is 44.0. The molecule has 63 heavy (non-hydrogen) atoms. The minimum atomic E-state index is -4.62. The number of likely N-dealkylation sites (tertiary alicyclic amines) is 1. The molecule has 6 aliphatic heterocycles. The topological polar surface area (TPSA) is 162 Å². The Bertz CT molecular complexity index is 2340. The highest BCUT2D eigenvalue weighted by Crippen LogP contribution is 2.43. The molecule has 5 saturated heterocycles. The maximum Gasteiger partial charge on any atom is 0.417 e. The summed E-state index contributed by atoms with van der Waals surface area (Å²) in [7, 11) is 0. The average Bonchev–Trinajstić information content (AvgIpc) is 3.52. The third kappa shape index (κ3) is 8.57. The van der Waals surface area contributed by atoms with Crippen LogP contribution in [0.5, 0.6) is 0 Å². The summed E-state index contributed by atoms with van der Waals surface area (Å²) in [4.78, 5) is 78.2. The van der Waals surface area contributed by atoms with Crippen LogP contribution in [0.1, 0.15) is 89.6 Å². The van der Waals surface area contributed by atoms with Crippen LogP contribution in [0.15, 0.2) is 54.7 Å². The zero-order valence-corrected chi connectivity index (χ0v) is 35.0. The van der Waals surface area contributed by atoms with Gasteiger partial charge in [-0.2, -0.15) is 18.4 Å². The van der Waals surface area contributed by atoms with Gasteiger partial charge in [0.25, 0.3) is 11.8 Å². The Morgan fingerprint density at radius 2 is 1.44 bits per heavy atom. The molecule has 0 radical (unpaired) electrons. The number of halogens is 3. The number of hydrogen-bond acceptors (Lipinski definition) is 11. The van der Waals surface area contributed by atoms with Gasteiger partial charge in [0.15, 0.2) is 0 Å². The van der Waals surface area contributed by atoms with Gasteiger partial charge < -0.3 is 24.9 Å². The standard InChI is InChI=1S/C46H50F3N9O5/c47-46(48,49)37-24-33(2-1-31(37)25-50)55-19-12-30(13-20-55)41(60)52-39-7-4-34(26-51-39)56-17-10-29(11-18-56)9-16-54-27-45(28-54)14-21-57(22-15-45)32-3-5-35-36(23-32)44(63)58(43(35)62)38-6-8-40(59)53-42(38)61/h1-5,7,23-24,26,29-30,38H,6,8-22,27-28H2,(H,51,52,60)(H,53,59,61). The first-order chi connectivity index (χ1) is 30.3. The van der Waals surface area contributed by atoms with Crippen molar-refractivity contribution in [2.75, 3.05) is 78.9 Å². The fourth-order valence-electron chi connectivity index (χ4n) is 10.5. The van der Waals surface area contributed by atoms with E-state index in [1.54, 1.807) is 24.4 Å². The molecule has 1 unspecified atom stereocenters. The molecule has 9 rings (SSSR count). The largest absolute Gasteiger partial charge is 0.417 e. The van der Waals surface area contributed by atoms with Crippen molar-refractivity contribution >= 4 is 52.4 Å².